The molecule has 0 aliphatic carbocycles. The Kier molecular flexibility index (Phi) is 5.40. The summed E-state index contributed by atoms with van der Waals surface area (Å²) < 4.78 is 49.7. The van der Waals surface area contributed by atoms with Crippen LogP contribution in [-0.2, 0) is 10.0 Å². The maximum Gasteiger partial charge on any atom is 0.136 e. The number of hydrogen-bond acceptors (Lipinski definition) is 6. The number of sulfonamides is 1. The predicted octanol–water partition coefficient (Wildman–Crippen LogP) is 3.12. The minimum Gasteiger partial charge on any atom is -0.569 e. The van der Waals surface area contributed by atoms with Gasteiger partial charge in [-0.1, -0.05) is 5.69 Å². The lowest BCUT2D eigenvalue weighted by Gasteiger charge is -2.25. The van der Waals surface area contributed by atoms with Crippen LogP contribution in [-0.4, -0.2) is 36.9 Å². The molecule has 0 saturated heterocycles. The normalized spacial score (nSPS) is 10.8. The van der Waals surface area contributed by atoms with Crippen LogP contribution in [0.1, 0.15) is 0 Å². The van der Waals surface area contributed by atoms with Crippen LogP contribution >= 0.6 is 0 Å². The van der Waals surface area contributed by atoms with E-state index in [1.54, 1.807) is 18.2 Å². The number of benzene rings is 2. The molecule has 0 fully saturated rings. The summed E-state index contributed by atoms with van der Waals surface area (Å²) in [6.45, 7) is 0. The van der Waals surface area contributed by atoms with Gasteiger partial charge in [0.25, 0.3) is 0 Å². The Morgan fingerprint density at radius 1 is 0.750 bits per heavy atom. The van der Waals surface area contributed by atoms with Crippen molar-refractivity contribution in [2.45, 2.75) is 4.90 Å². The SMILES string of the molecule is COc1ccc(OC)c([N-]S(=O)(=O)c2cc(OC)ccc2OC)c1. The molecular formula is C16H18NO6S-. The quantitative estimate of drug-likeness (QED) is 0.761. The van der Waals surface area contributed by atoms with Crippen molar-refractivity contribution >= 4 is 15.7 Å². The van der Waals surface area contributed by atoms with Crippen LogP contribution < -0.4 is 18.9 Å². The lowest BCUT2D eigenvalue weighted by atomic mass is 10.3. The van der Waals surface area contributed by atoms with Crippen molar-refractivity contribution in [2.24, 2.45) is 0 Å². The molecule has 2 rings (SSSR count). The van der Waals surface area contributed by atoms with Crippen molar-refractivity contribution in [2.75, 3.05) is 28.4 Å². The molecule has 130 valence electrons. The zero-order valence-corrected chi connectivity index (χ0v) is 14.6. The first-order chi connectivity index (χ1) is 11.4. The molecule has 0 spiro atoms. The molecule has 7 nitrogen and oxygen atoms in total. The summed E-state index contributed by atoms with van der Waals surface area (Å²) in [6, 6.07) is 9.16. The third-order valence-electron chi connectivity index (χ3n) is 3.25. The number of methoxy groups -OCH3 is 4. The summed E-state index contributed by atoms with van der Waals surface area (Å²) in [7, 11) is 1.67. The third-order valence-corrected chi connectivity index (χ3v) is 4.57. The molecule has 2 aromatic carbocycles. The van der Waals surface area contributed by atoms with Crippen LogP contribution in [0.4, 0.5) is 5.69 Å². The number of hydrogen-bond donors (Lipinski definition) is 0. The molecule has 0 heterocycles. The van der Waals surface area contributed by atoms with Crippen molar-refractivity contribution in [1.29, 1.82) is 0 Å². The van der Waals surface area contributed by atoms with E-state index in [1.807, 2.05) is 0 Å². The molecule has 0 N–H and O–H groups in total. The minimum atomic E-state index is -4.06. The van der Waals surface area contributed by atoms with E-state index >= 15 is 0 Å². The first-order valence-electron chi connectivity index (χ1n) is 6.87. The maximum absolute atomic E-state index is 12.7. The average Bonchev–Trinajstić information content (AvgIpc) is 2.60. The van der Waals surface area contributed by atoms with Gasteiger partial charge in [-0.25, -0.2) is 8.42 Å². The van der Waals surface area contributed by atoms with Crippen LogP contribution in [0.25, 0.3) is 4.72 Å². The van der Waals surface area contributed by atoms with E-state index < -0.39 is 10.0 Å². The molecule has 0 amide bonds. The summed E-state index contributed by atoms with van der Waals surface area (Å²) >= 11 is 0. The van der Waals surface area contributed by atoms with E-state index in [2.05, 4.69) is 4.72 Å². The Morgan fingerprint density at radius 3 is 1.83 bits per heavy atom. The zero-order valence-electron chi connectivity index (χ0n) is 13.8. The fraction of sp³-hybridized carbons (Fsp3) is 0.250. The van der Waals surface area contributed by atoms with Crippen molar-refractivity contribution in [1.82, 2.24) is 0 Å². The maximum atomic E-state index is 12.7. The van der Waals surface area contributed by atoms with Gasteiger partial charge >= 0.3 is 0 Å². The van der Waals surface area contributed by atoms with Gasteiger partial charge < -0.3 is 23.7 Å². The van der Waals surface area contributed by atoms with Gasteiger partial charge in [-0.15, -0.1) is 0 Å². The highest BCUT2D eigenvalue weighted by Crippen LogP contribution is 2.41. The van der Waals surface area contributed by atoms with E-state index in [4.69, 9.17) is 18.9 Å². The number of rotatable bonds is 7. The molecule has 24 heavy (non-hydrogen) atoms. The van der Waals surface area contributed by atoms with Gasteiger partial charge in [0, 0.05) is 6.07 Å². The largest absolute Gasteiger partial charge is 0.569 e. The van der Waals surface area contributed by atoms with Gasteiger partial charge in [-0.05, 0) is 30.3 Å². The van der Waals surface area contributed by atoms with Crippen LogP contribution in [0.15, 0.2) is 41.3 Å². The fourth-order valence-corrected chi connectivity index (χ4v) is 3.20. The van der Waals surface area contributed by atoms with Gasteiger partial charge in [-0.2, -0.15) is 0 Å². The van der Waals surface area contributed by atoms with Crippen molar-refractivity contribution in [3.8, 4) is 23.0 Å². The molecule has 0 bridgehead atoms. The Bertz CT molecular complexity index is 819. The topological polar surface area (TPSA) is 85.2 Å². The van der Waals surface area contributed by atoms with Crippen molar-refractivity contribution in [3.63, 3.8) is 0 Å². The Balaban J connectivity index is 2.49. The Hall–Kier alpha value is -2.61. The minimum absolute atomic E-state index is 0.103. The van der Waals surface area contributed by atoms with E-state index in [9.17, 15) is 8.42 Å². The standard InChI is InChI=1S/C16H18NO6S/c1-20-11-5-7-14(22-3)13(9-11)17-24(18,19)16-10-12(21-2)6-8-15(16)23-4/h5-10H,1-4H3/q-1. The number of nitrogens with zero attached hydrogens (tertiary/aromatic N) is 1. The van der Waals surface area contributed by atoms with E-state index in [1.165, 1.54) is 46.6 Å². The van der Waals surface area contributed by atoms with Gasteiger partial charge in [0.15, 0.2) is 0 Å². The molecular weight excluding hydrogens is 334 g/mol. The van der Waals surface area contributed by atoms with E-state index in [0.29, 0.717) is 17.2 Å². The highest BCUT2D eigenvalue weighted by atomic mass is 32.2. The molecule has 0 aromatic heterocycles. The fourth-order valence-electron chi connectivity index (χ4n) is 2.03. The number of ether oxygens (including phenoxy) is 4. The molecule has 0 aliphatic rings. The Morgan fingerprint density at radius 2 is 1.29 bits per heavy atom. The van der Waals surface area contributed by atoms with Gasteiger partial charge in [0.05, 0.1) is 33.3 Å². The monoisotopic (exact) mass is 352 g/mol. The molecule has 0 radical (unpaired) electrons. The van der Waals surface area contributed by atoms with Gasteiger partial charge in [0.2, 0.25) is 0 Å². The zero-order chi connectivity index (χ0) is 17.7. The van der Waals surface area contributed by atoms with Crippen LogP contribution in [0.2, 0.25) is 0 Å². The van der Waals surface area contributed by atoms with Crippen molar-refractivity contribution < 1.29 is 27.4 Å². The van der Waals surface area contributed by atoms with Crippen LogP contribution in [0, 0.1) is 0 Å². The first kappa shape index (κ1) is 17.7. The molecule has 0 saturated carbocycles. The lowest BCUT2D eigenvalue weighted by molar-refractivity contribution is 0.392. The average molecular weight is 352 g/mol. The summed E-state index contributed by atoms with van der Waals surface area (Å²) in [5.41, 5.74) is 0.127. The molecule has 8 heteroatoms. The second-order valence-electron chi connectivity index (χ2n) is 4.62. The third kappa shape index (κ3) is 3.65. The molecule has 0 aliphatic heterocycles. The molecule has 0 unspecified atom stereocenters. The molecule has 0 atom stereocenters. The van der Waals surface area contributed by atoms with Gasteiger partial charge in [-0.3, -0.25) is 0 Å². The first-order valence-corrected chi connectivity index (χ1v) is 8.31. The van der Waals surface area contributed by atoms with Crippen molar-refractivity contribution in [3.05, 3.63) is 41.1 Å². The lowest BCUT2D eigenvalue weighted by Crippen LogP contribution is -2.02. The highest BCUT2D eigenvalue weighted by molar-refractivity contribution is 7.94. The summed E-state index contributed by atoms with van der Waals surface area (Å²) in [5, 5.41) is 0. The van der Waals surface area contributed by atoms with E-state index in [-0.39, 0.29) is 16.3 Å². The summed E-state index contributed by atoms with van der Waals surface area (Å²) in [4.78, 5) is -0.103. The Labute approximate surface area is 141 Å². The van der Waals surface area contributed by atoms with Crippen LogP contribution in [0.3, 0.4) is 0 Å². The van der Waals surface area contributed by atoms with Gasteiger partial charge in [0.1, 0.15) is 33.0 Å². The highest BCUT2D eigenvalue weighted by Gasteiger charge is 2.15. The second-order valence-corrected chi connectivity index (χ2v) is 6.19. The van der Waals surface area contributed by atoms with E-state index in [0.717, 1.165) is 0 Å². The predicted molar refractivity (Wildman–Crippen MR) is 89.3 cm³/mol. The second kappa shape index (κ2) is 7.31. The smallest absolute Gasteiger partial charge is 0.136 e. The molecule has 2 aromatic rings. The summed E-state index contributed by atoms with van der Waals surface area (Å²) in [5.74, 6) is 1.31. The summed E-state index contributed by atoms with van der Waals surface area (Å²) in [6.07, 6.45) is 0. The van der Waals surface area contributed by atoms with Crippen LogP contribution in [0.5, 0.6) is 23.0 Å².